The molecule has 0 saturated heterocycles. The number of benzene rings is 1. The van der Waals surface area contributed by atoms with Crippen LogP contribution in [0.4, 0.5) is 19.0 Å². The third-order valence-electron chi connectivity index (χ3n) is 4.24. The topological polar surface area (TPSA) is 132 Å². The highest BCUT2D eigenvalue weighted by molar-refractivity contribution is 5.98. The quantitative estimate of drug-likeness (QED) is 0.642. The summed E-state index contributed by atoms with van der Waals surface area (Å²) in [6.07, 6.45) is -3.41. The first-order valence-corrected chi connectivity index (χ1v) is 8.29. The number of anilines is 1. The first-order valence-electron chi connectivity index (χ1n) is 8.29. The van der Waals surface area contributed by atoms with E-state index in [1.165, 1.54) is 12.3 Å². The fourth-order valence-electron chi connectivity index (χ4n) is 2.65. The van der Waals surface area contributed by atoms with Gasteiger partial charge in [-0.15, -0.1) is 0 Å². The number of nitrogens with two attached hydrogens (primary N) is 2. The number of aromatic nitrogens is 2. The standard InChI is InChI=1S/C18H19F3N4O3/c1-3-4-13(26)14-15(22)24-8-12(25-14)11-7-10(6-5-9(11)2)17(28,16(23)27)18(19,20)21/h5-8,28H,3-4H2,1-2H3,(H2,22,24)(H2,23,27). The van der Waals surface area contributed by atoms with Crippen LogP contribution in [0.2, 0.25) is 0 Å². The van der Waals surface area contributed by atoms with Crippen LogP contribution in [0.5, 0.6) is 0 Å². The van der Waals surface area contributed by atoms with Gasteiger partial charge in [-0.1, -0.05) is 19.1 Å². The Balaban J connectivity index is 2.66. The van der Waals surface area contributed by atoms with Crippen molar-refractivity contribution in [3.05, 3.63) is 41.2 Å². The molecule has 28 heavy (non-hydrogen) atoms. The molecule has 0 aliphatic carbocycles. The molecule has 1 atom stereocenters. The maximum Gasteiger partial charge on any atom is 0.430 e. The number of hydrogen-bond acceptors (Lipinski definition) is 6. The van der Waals surface area contributed by atoms with Crippen molar-refractivity contribution in [1.82, 2.24) is 9.97 Å². The maximum absolute atomic E-state index is 13.3. The molecule has 1 amide bonds. The number of alkyl halides is 3. The second kappa shape index (κ2) is 7.55. The molecule has 0 aliphatic rings. The molecule has 1 unspecified atom stereocenters. The largest absolute Gasteiger partial charge is 0.430 e. The SMILES string of the molecule is CCCC(=O)c1nc(-c2cc(C(O)(C(N)=O)C(F)(F)F)ccc2C)cnc1N. The lowest BCUT2D eigenvalue weighted by Gasteiger charge is -2.28. The molecule has 2 rings (SSSR count). The number of amides is 1. The molecule has 0 spiro atoms. The molecule has 150 valence electrons. The predicted molar refractivity (Wildman–Crippen MR) is 95.0 cm³/mol. The zero-order valence-corrected chi connectivity index (χ0v) is 15.2. The number of carbonyl (C=O) groups excluding carboxylic acids is 2. The smallest absolute Gasteiger partial charge is 0.382 e. The predicted octanol–water partition coefficient (Wildman–Crippen LogP) is 2.25. The normalized spacial score (nSPS) is 13.8. The third-order valence-corrected chi connectivity index (χ3v) is 4.24. The number of carbonyl (C=O) groups is 2. The summed E-state index contributed by atoms with van der Waals surface area (Å²) in [7, 11) is 0. The number of Topliss-reactive ketones (excluding diaryl/α,β-unsaturated/α-hetero) is 1. The maximum atomic E-state index is 13.3. The van der Waals surface area contributed by atoms with Gasteiger partial charge in [0.05, 0.1) is 11.9 Å². The summed E-state index contributed by atoms with van der Waals surface area (Å²) >= 11 is 0. The Labute approximate surface area is 158 Å². The molecule has 1 aromatic carbocycles. The summed E-state index contributed by atoms with van der Waals surface area (Å²) in [4.78, 5) is 31.6. The van der Waals surface area contributed by atoms with Gasteiger partial charge < -0.3 is 16.6 Å². The Morgan fingerprint density at radius 3 is 2.43 bits per heavy atom. The summed E-state index contributed by atoms with van der Waals surface area (Å²) in [6.45, 7) is 3.38. The van der Waals surface area contributed by atoms with Crippen molar-refractivity contribution in [3.8, 4) is 11.3 Å². The summed E-state index contributed by atoms with van der Waals surface area (Å²) < 4.78 is 40.0. The zero-order chi connectivity index (χ0) is 21.3. The van der Waals surface area contributed by atoms with E-state index in [0.29, 0.717) is 12.0 Å². The number of aliphatic hydroxyl groups is 1. The molecule has 1 aromatic heterocycles. The van der Waals surface area contributed by atoms with Crippen LogP contribution in [-0.2, 0) is 10.4 Å². The number of rotatable bonds is 6. The average molecular weight is 396 g/mol. The molecule has 1 heterocycles. The first kappa shape index (κ1) is 21.3. The van der Waals surface area contributed by atoms with Crippen molar-refractivity contribution in [2.75, 3.05) is 5.73 Å². The molecule has 0 saturated carbocycles. The molecule has 0 fully saturated rings. The van der Waals surface area contributed by atoms with Gasteiger partial charge in [-0.2, -0.15) is 13.2 Å². The molecule has 2 aromatic rings. The van der Waals surface area contributed by atoms with Crippen LogP contribution in [0.25, 0.3) is 11.3 Å². The van der Waals surface area contributed by atoms with Gasteiger partial charge in [-0.05, 0) is 25.0 Å². The van der Waals surface area contributed by atoms with Crippen LogP contribution < -0.4 is 11.5 Å². The van der Waals surface area contributed by atoms with Gasteiger partial charge in [-0.3, -0.25) is 9.59 Å². The van der Waals surface area contributed by atoms with Crippen LogP contribution >= 0.6 is 0 Å². The third kappa shape index (κ3) is 3.68. The minimum atomic E-state index is -5.33. The van der Waals surface area contributed by atoms with Gasteiger partial charge in [0, 0.05) is 17.5 Å². The fraction of sp³-hybridized carbons (Fsp3) is 0.333. The van der Waals surface area contributed by atoms with Gasteiger partial charge in [0.25, 0.3) is 11.5 Å². The minimum Gasteiger partial charge on any atom is -0.382 e. The Morgan fingerprint density at radius 1 is 1.25 bits per heavy atom. The van der Waals surface area contributed by atoms with Crippen molar-refractivity contribution in [2.24, 2.45) is 5.73 Å². The Hall–Kier alpha value is -3.01. The fourth-order valence-corrected chi connectivity index (χ4v) is 2.65. The van der Waals surface area contributed by atoms with E-state index in [1.807, 2.05) is 0 Å². The van der Waals surface area contributed by atoms with Gasteiger partial charge >= 0.3 is 6.18 Å². The van der Waals surface area contributed by atoms with Crippen LogP contribution in [-0.4, -0.2) is 32.9 Å². The summed E-state index contributed by atoms with van der Waals surface area (Å²) in [6, 6.07) is 3.17. The molecule has 0 aliphatic heterocycles. The van der Waals surface area contributed by atoms with Crippen LogP contribution in [0.3, 0.4) is 0 Å². The van der Waals surface area contributed by atoms with Crippen molar-refractivity contribution in [3.63, 3.8) is 0 Å². The van der Waals surface area contributed by atoms with E-state index in [0.717, 1.165) is 12.1 Å². The lowest BCUT2D eigenvalue weighted by Crippen LogP contribution is -2.52. The number of primary amides is 1. The van der Waals surface area contributed by atoms with Crippen LogP contribution in [0.1, 0.15) is 41.4 Å². The number of nitrogens with zero attached hydrogens (tertiary/aromatic N) is 2. The molecule has 0 radical (unpaired) electrons. The Kier molecular flexibility index (Phi) is 5.74. The first-order chi connectivity index (χ1) is 12.9. The molecule has 10 heteroatoms. The van der Waals surface area contributed by atoms with E-state index >= 15 is 0 Å². The van der Waals surface area contributed by atoms with Crippen molar-refractivity contribution in [2.45, 2.75) is 38.5 Å². The lowest BCUT2D eigenvalue weighted by atomic mass is 9.89. The van der Waals surface area contributed by atoms with E-state index in [4.69, 9.17) is 11.5 Å². The van der Waals surface area contributed by atoms with Gasteiger partial charge in [0.1, 0.15) is 5.69 Å². The summed E-state index contributed by atoms with van der Waals surface area (Å²) in [5.41, 5.74) is 6.47. The van der Waals surface area contributed by atoms with Crippen molar-refractivity contribution >= 4 is 17.5 Å². The highest BCUT2D eigenvalue weighted by Gasteiger charge is 2.60. The average Bonchev–Trinajstić information content (AvgIpc) is 2.61. The highest BCUT2D eigenvalue weighted by Crippen LogP contribution is 2.40. The number of aryl methyl sites for hydroxylation is 1. The number of hydrogen-bond donors (Lipinski definition) is 3. The van der Waals surface area contributed by atoms with Crippen molar-refractivity contribution < 1.29 is 27.9 Å². The van der Waals surface area contributed by atoms with E-state index < -0.39 is 23.2 Å². The van der Waals surface area contributed by atoms with Crippen LogP contribution in [0, 0.1) is 6.92 Å². The molecular weight excluding hydrogens is 377 g/mol. The van der Waals surface area contributed by atoms with E-state index in [2.05, 4.69) is 9.97 Å². The van der Waals surface area contributed by atoms with Gasteiger partial charge in [-0.25, -0.2) is 9.97 Å². The highest BCUT2D eigenvalue weighted by atomic mass is 19.4. The van der Waals surface area contributed by atoms with E-state index in [1.54, 1.807) is 13.8 Å². The molecular formula is C18H19F3N4O3. The number of nitrogen functional groups attached to an aromatic ring is 1. The Morgan fingerprint density at radius 2 is 1.89 bits per heavy atom. The summed E-state index contributed by atoms with van der Waals surface area (Å²) in [5, 5.41) is 10.0. The van der Waals surface area contributed by atoms with Crippen LogP contribution in [0.15, 0.2) is 24.4 Å². The summed E-state index contributed by atoms with van der Waals surface area (Å²) in [5.74, 6) is -2.41. The lowest BCUT2D eigenvalue weighted by molar-refractivity contribution is -0.255. The van der Waals surface area contributed by atoms with Gasteiger partial charge in [0.2, 0.25) is 0 Å². The monoisotopic (exact) mass is 396 g/mol. The molecule has 7 nitrogen and oxygen atoms in total. The van der Waals surface area contributed by atoms with E-state index in [-0.39, 0.29) is 35.0 Å². The second-order valence-electron chi connectivity index (χ2n) is 6.26. The van der Waals surface area contributed by atoms with E-state index in [9.17, 15) is 27.9 Å². The molecule has 5 N–H and O–H groups in total. The number of ketones is 1. The minimum absolute atomic E-state index is 0.0713. The van der Waals surface area contributed by atoms with Gasteiger partial charge in [0.15, 0.2) is 11.6 Å². The second-order valence-corrected chi connectivity index (χ2v) is 6.26. The number of halogens is 3. The Bertz CT molecular complexity index is 931. The zero-order valence-electron chi connectivity index (χ0n) is 15.2. The molecule has 0 bridgehead atoms. The van der Waals surface area contributed by atoms with Crippen molar-refractivity contribution in [1.29, 1.82) is 0 Å².